The summed E-state index contributed by atoms with van der Waals surface area (Å²) in [5.41, 5.74) is 1.97. The minimum Gasteiger partial charge on any atom is -0.497 e. The second-order valence-corrected chi connectivity index (χ2v) is 6.79. The van der Waals surface area contributed by atoms with Crippen molar-refractivity contribution in [2.24, 2.45) is 5.92 Å². The van der Waals surface area contributed by atoms with Gasteiger partial charge in [0, 0.05) is 29.9 Å². The monoisotopic (exact) mass is 376 g/mol. The summed E-state index contributed by atoms with van der Waals surface area (Å²) in [4.78, 5) is 21.6. The van der Waals surface area contributed by atoms with Crippen LogP contribution in [0.3, 0.4) is 0 Å². The Balaban J connectivity index is 1.95. The van der Waals surface area contributed by atoms with Crippen LogP contribution in [0.1, 0.15) is 24.3 Å². The van der Waals surface area contributed by atoms with Crippen molar-refractivity contribution in [3.05, 3.63) is 66.4 Å². The number of hydrogen-bond donors (Lipinski definition) is 2. The van der Waals surface area contributed by atoms with Crippen molar-refractivity contribution >= 4 is 17.4 Å². The number of rotatable bonds is 7. The van der Waals surface area contributed by atoms with Crippen LogP contribution in [0.5, 0.6) is 5.75 Å². The number of aromatic nitrogens is 2. The van der Waals surface area contributed by atoms with E-state index < -0.39 is 0 Å². The topological polar surface area (TPSA) is 76.1 Å². The molecule has 3 aromatic rings. The number of methoxy groups -OCH3 is 1. The zero-order valence-electron chi connectivity index (χ0n) is 16.3. The summed E-state index contributed by atoms with van der Waals surface area (Å²) in [6.07, 6.45) is 0. The van der Waals surface area contributed by atoms with Crippen molar-refractivity contribution in [3.8, 4) is 17.1 Å². The summed E-state index contributed by atoms with van der Waals surface area (Å²) >= 11 is 0. The Hall–Kier alpha value is -3.41. The van der Waals surface area contributed by atoms with E-state index in [0.29, 0.717) is 29.8 Å². The lowest BCUT2D eigenvalue weighted by Crippen LogP contribution is -2.28. The summed E-state index contributed by atoms with van der Waals surface area (Å²) < 4.78 is 5.27. The van der Waals surface area contributed by atoms with Gasteiger partial charge in [-0.1, -0.05) is 50.2 Å². The third kappa shape index (κ3) is 5.07. The summed E-state index contributed by atoms with van der Waals surface area (Å²) in [6, 6.07) is 18.8. The van der Waals surface area contributed by atoms with E-state index in [1.54, 1.807) is 13.2 Å². The molecule has 0 saturated heterocycles. The molecular formula is C22H24N4O2. The predicted octanol–water partition coefficient (Wildman–Crippen LogP) is 4.28. The first-order chi connectivity index (χ1) is 13.5. The van der Waals surface area contributed by atoms with Crippen LogP contribution >= 0.6 is 0 Å². The molecule has 2 aromatic carbocycles. The quantitative estimate of drug-likeness (QED) is 0.644. The normalized spacial score (nSPS) is 10.6. The fraction of sp³-hybridized carbons (Fsp3) is 0.227. The number of ether oxygens (including phenoxy) is 1. The first-order valence-electron chi connectivity index (χ1n) is 9.19. The summed E-state index contributed by atoms with van der Waals surface area (Å²) in [5.74, 6) is 1.90. The van der Waals surface area contributed by atoms with Gasteiger partial charge in [-0.2, -0.15) is 0 Å². The first-order valence-corrected chi connectivity index (χ1v) is 9.19. The molecule has 28 heavy (non-hydrogen) atoms. The van der Waals surface area contributed by atoms with Crippen molar-refractivity contribution in [1.82, 2.24) is 15.3 Å². The largest absolute Gasteiger partial charge is 0.497 e. The molecule has 0 fully saturated rings. The van der Waals surface area contributed by atoms with E-state index in [0.717, 1.165) is 17.0 Å². The van der Waals surface area contributed by atoms with Crippen molar-refractivity contribution in [3.63, 3.8) is 0 Å². The molecule has 1 heterocycles. The number of nitrogens with zero attached hydrogens (tertiary/aromatic N) is 2. The van der Waals surface area contributed by atoms with Crippen LogP contribution in [0.15, 0.2) is 60.7 Å². The van der Waals surface area contributed by atoms with Crippen LogP contribution in [-0.2, 0) is 0 Å². The van der Waals surface area contributed by atoms with Gasteiger partial charge in [0.05, 0.1) is 7.11 Å². The maximum absolute atomic E-state index is 12.6. The first kappa shape index (κ1) is 19.4. The molecule has 1 amide bonds. The van der Waals surface area contributed by atoms with E-state index in [4.69, 9.17) is 4.74 Å². The zero-order valence-corrected chi connectivity index (χ0v) is 16.3. The van der Waals surface area contributed by atoms with E-state index in [1.165, 1.54) is 0 Å². The molecule has 0 aliphatic carbocycles. The lowest BCUT2D eigenvalue weighted by molar-refractivity contribution is 0.0944. The third-order valence-electron chi connectivity index (χ3n) is 4.00. The molecule has 3 rings (SSSR count). The number of carbonyl (C=O) groups is 1. The van der Waals surface area contributed by atoms with Gasteiger partial charge in [0.2, 0.25) is 0 Å². The second-order valence-electron chi connectivity index (χ2n) is 6.79. The highest BCUT2D eigenvalue weighted by Gasteiger charge is 2.13. The van der Waals surface area contributed by atoms with Crippen LogP contribution < -0.4 is 15.4 Å². The Morgan fingerprint density at radius 2 is 1.82 bits per heavy atom. The van der Waals surface area contributed by atoms with Crippen molar-refractivity contribution < 1.29 is 9.53 Å². The SMILES string of the molecule is COc1cccc(Nc2cc(C(=O)NCC(C)C)nc(-c3ccccc3)n2)c1. The Morgan fingerprint density at radius 1 is 1.04 bits per heavy atom. The molecule has 0 aliphatic heterocycles. The molecular weight excluding hydrogens is 352 g/mol. The number of nitrogens with one attached hydrogen (secondary N) is 2. The molecule has 0 atom stereocenters. The minimum atomic E-state index is -0.220. The van der Waals surface area contributed by atoms with Crippen LogP contribution in [0.2, 0.25) is 0 Å². The number of amides is 1. The Morgan fingerprint density at radius 3 is 2.54 bits per heavy atom. The number of hydrogen-bond acceptors (Lipinski definition) is 5. The maximum atomic E-state index is 12.6. The Kier molecular flexibility index (Phi) is 6.22. The van der Waals surface area contributed by atoms with Gasteiger partial charge < -0.3 is 15.4 Å². The molecule has 0 bridgehead atoms. The van der Waals surface area contributed by atoms with Gasteiger partial charge in [-0.15, -0.1) is 0 Å². The summed E-state index contributed by atoms with van der Waals surface area (Å²) in [5, 5.41) is 6.15. The molecule has 0 aliphatic rings. The van der Waals surface area contributed by atoms with Gasteiger partial charge in [-0.05, 0) is 18.1 Å². The number of benzene rings is 2. The zero-order chi connectivity index (χ0) is 19.9. The highest BCUT2D eigenvalue weighted by Crippen LogP contribution is 2.23. The van der Waals surface area contributed by atoms with Gasteiger partial charge in [0.1, 0.15) is 17.3 Å². The van der Waals surface area contributed by atoms with Crippen LogP contribution in [0.4, 0.5) is 11.5 Å². The molecule has 0 spiro atoms. The molecule has 2 N–H and O–H groups in total. The molecule has 1 aromatic heterocycles. The molecule has 0 unspecified atom stereocenters. The Labute approximate surface area is 165 Å². The smallest absolute Gasteiger partial charge is 0.270 e. The maximum Gasteiger partial charge on any atom is 0.270 e. The summed E-state index contributed by atoms with van der Waals surface area (Å²) in [7, 11) is 1.62. The molecule has 6 nitrogen and oxygen atoms in total. The fourth-order valence-electron chi connectivity index (χ4n) is 2.58. The van der Waals surface area contributed by atoms with Gasteiger partial charge in [0.25, 0.3) is 5.91 Å². The third-order valence-corrected chi connectivity index (χ3v) is 4.00. The van der Waals surface area contributed by atoms with Crippen molar-refractivity contribution in [2.75, 3.05) is 19.0 Å². The van der Waals surface area contributed by atoms with E-state index in [2.05, 4.69) is 20.6 Å². The standard InChI is InChI=1S/C22H24N4O2/c1-15(2)14-23-22(27)19-13-20(24-17-10-7-11-18(12-17)28-3)26-21(25-19)16-8-5-4-6-9-16/h4-13,15H,14H2,1-3H3,(H,23,27)(H,24,25,26). The number of carbonyl (C=O) groups excluding carboxylic acids is 1. The lowest BCUT2D eigenvalue weighted by atomic mass is 10.2. The van der Waals surface area contributed by atoms with E-state index in [9.17, 15) is 4.79 Å². The van der Waals surface area contributed by atoms with Crippen LogP contribution in [0, 0.1) is 5.92 Å². The van der Waals surface area contributed by atoms with E-state index in [1.807, 2.05) is 68.4 Å². The fourth-order valence-corrected chi connectivity index (χ4v) is 2.58. The lowest BCUT2D eigenvalue weighted by Gasteiger charge is -2.12. The molecule has 144 valence electrons. The van der Waals surface area contributed by atoms with Crippen LogP contribution in [0.25, 0.3) is 11.4 Å². The van der Waals surface area contributed by atoms with E-state index in [-0.39, 0.29) is 5.91 Å². The molecule has 0 saturated carbocycles. The average molecular weight is 376 g/mol. The Bertz CT molecular complexity index is 942. The molecule has 0 radical (unpaired) electrons. The average Bonchev–Trinajstić information content (AvgIpc) is 2.72. The van der Waals surface area contributed by atoms with Gasteiger partial charge in [-0.25, -0.2) is 9.97 Å². The van der Waals surface area contributed by atoms with Crippen LogP contribution in [-0.4, -0.2) is 29.5 Å². The van der Waals surface area contributed by atoms with Crippen molar-refractivity contribution in [2.45, 2.75) is 13.8 Å². The second kappa shape index (κ2) is 8.99. The van der Waals surface area contributed by atoms with E-state index >= 15 is 0 Å². The molecule has 6 heteroatoms. The van der Waals surface area contributed by atoms with Gasteiger partial charge in [-0.3, -0.25) is 4.79 Å². The predicted molar refractivity (Wildman–Crippen MR) is 111 cm³/mol. The highest BCUT2D eigenvalue weighted by atomic mass is 16.5. The minimum absolute atomic E-state index is 0.220. The highest BCUT2D eigenvalue weighted by molar-refractivity contribution is 5.93. The summed E-state index contributed by atoms with van der Waals surface area (Å²) in [6.45, 7) is 4.68. The number of anilines is 2. The van der Waals surface area contributed by atoms with Gasteiger partial charge in [0.15, 0.2) is 5.82 Å². The van der Waals surface area contributed by atoms with Crippen molar-refractivity contribution in [1.29, 1.82) is 0 Å². The van der Waals surface area contributed by atoms with Gasteiger partial charge >= 0.3 is 0 Å².